The fraction of sp³-hybridized carbons (Fsp3) is 0.0870. The van der Waals surface area contributed by atoms with Gasteiger partial charge in [-0.1, -0.05) is 24.3 Å². The second-order valence-electron chi connectivity index (χ2n) is 6.94. The predicted molar refractivity (Wildman–Crippen MR) is 114 cm³/mol. The van der Waals surface area contributed by atoms with Gasteiger partial charge in [0.05, 0.1) is 22.6 Å². The lowest BCUT2D eigenvalue weighted by atomic mass is 10.1. The third-order valence-electron chi connectivity index (χ3n) is 4.77. The summed E-state index contributed by atoms with van der Waals surface area (Å²) in [6.45, 7) is 0.260. The SMILES string of the molecule is O=C1NC(c2cccc(N=Nc3ccc(C(F)(F)F)cc3)c2)=CCN1c1ccccc1O. The molecule has 3 aromatic carbocycles. The average Bonchev–Trinajstić information content (AvgIpc) is 2.78. The summed E-state index contributed by atoms with van der Waals surface area (Å²) in [5, 5.41) is 20.8. The van der Waals surface area contributed by atoms with Crippen LogP contribution < -0.4 is 10.2 Å². The van der Waals surface area contributed by atoms with Gasteiger partial charge in [-0.05, 0) is 54.6 Å². The van der Waals surface area contributed by atoms with Crippen molar-refractivity contribution in [2.24, 2.45) is 10.2 Å². The zero-order chi connectivity index (χ0) is 22.7. The highest BCUT2D eigenvalue weighted by molar-refractivity contribution is 6.00. The van der Waals surface area contributed by atoms with E-state index in [4.69, 9.17) is 0 Å². The molecule has 0 bridgehead atoms. The van der Waals surface area contributed by atoms with E-state index in [1.165, 1.54) is 23.1 Å². The van der Waals surface area contributed by atoms with E-state index in [9.17, 15) is 23.1 Å². The summed E-state index contributed by atoms with van der Waals surface area (Å²) >= 11 is 0. The molecule has 162 valence electrons. The van der Waals surface area contributed by atoms with E-state index in [1.807, 2.05) is 0 Å². The van der Waals surface area contributed by atoms with Gasteiger partial charge in [0, 0.05) is 17.8 Å². The number of para-hydroxylation sites is 2. The summed E-state index contributed by atoms with van der Waals surface area (Å²) in [5.41, 5.74) is 1.68. The van der Waals surface area contributed by atoms with E-state index in [1.54, 1.807) is 48.5 Å². The van der Waals surface area contributed by atoms with Crippen molar-refractivity contribution in [1.82, 2.24) is 5.32 Å². The Morgan fingerprint density at radius 2 is 1.62 bits per heavy atom. The van der Waals surface area contributed by atoms with Crippen LogP contribution in [-0.4, -0.2) is 17.7 Å². The smallest absolute Gasteiger partial charge is 0.416 e. The van der Waals surface area contributed by atoms with Gasteiger partial charge in [0.25, 0.3) is 0 Å². The lowest BCUT2D eigenvalue weighted by molar-refractivity contribution is -0.137. The van der Waals surface area contributed by atoms with E-state index < -0.39 is 11.7 Å². The van der Waals surface area contributed by atoms with Gasteiger partial charge in [-0.25, -0.2) is 4.79 Å². The molecule has 32 heavy (non-hydrogen) atoms. The maximum atomic E-state index is 12.7. The number of azo groups is 1. The number of hydrogen-bond donors (Lipinski definition) is 2. The number of aromatic hydroxyl groups is 1. The van der Waals surface area contributed by atoms with Crippen LogP contribution in [0.1, 0.15) is 11.1 Å². The Morgan fingerprint density at radius 3 is 2.31 bits per heavy atom. The molecule has 1 aliphatic rings. The maximum absolute atomic E-state index is 12.7. The van der Waals surface area contributed by atoms with Crippen molar-refractivity contribution in [2.75, 3.05) is 11.4 Å². The van der Waals surface area contributed by atoms with Crippen LogP contribution in [0.4, 0.5) is 35.0 Å². The van der Waals surface area contributed by atoms with E-state index >= 15 is 0 Å². The molecule has 0 unspecified atom stereocenters. The molecule has 1 aliphatic heterocycles. The second kappa shape index (κ2) is 8.54. The Labute approximate surface area is 181 Å². The maximum Gasteiger partial charge on any atom is 0.416 e. The Morgan fingerprint density at radius 1 is 0.906 bits per heavy atom. The van der Waals surface area contributed by atoms with Gasteiger partial charge < -0.3 is 10.4 Å². The van der Waals surface area contributed by atoms with Crippen molar-refractivity contribution in [3.63, 3.8) is 0 Å². The third kappa shape index (κ3) is 4.61. The fourth-order valence-electron chi connectivity index (χ4n) is 3.16. The van der Waals surface area contributed by atoms with Gasteiger partial charge in [0.2, 0.25) is 0 Å². The van der Waals surface area contributed by atoms with Crippen molar-refractivity contribution in [1.29, 1.82) is 0 Å². The summed E-state index contributed by atoms with van der Waals surface area (Å²) in [7, 11) is 0. The number of nitrogens with one attached hydrogen (secondary N) is 1. The van der Waals surface area contributed by atoms with E-state index in [0.29, 0.717) is 22.6 Å². The number of rotatable bonds is 4. The first-order chi connectivity index (χ1) is 15.3. The number of hydrogen-bond acceptors (Lipinski definition) is 4. The van der Waals surface area contributed by atoms with E-state index in [0.717, 1.165) is 12.1 Å². The number of phenolic OH excluding ortho intramolecular Hbond substituents is 1. The zero-order valence-corrected chi connectivity index (χ0v) is 16.5. The summed E-state index contributed by atoms with van der Waals surface area (Å²) in [6, 6.07) is 17.5. The summed E-state index contributed by atoms with van der Waals surface area (Å²) < 4.78 is 38.0. The Balaban J connectivity index is 1.50. The lowest BCUT2D eigenvalue weighted by Crippen LogP contribution is -2.43. The molecule has 3 aromatic rings. The number of carbonyl (C=O) groups is 1. The molecule has 4 rings (SSSR count). The molecule has 2 amide bonds. The molecular weight excluding hydrogens is 421 g/mol. The number of carbonyl (C=O) groups excluding carboxylic acids is 1. The van der Waals surface area contributed by atoms with Crippen molar-refractivity contribution in [2.45, 2.75) is 6.18 Å². The van der Waals surface area contributed by atoms with Crippen LogP contribution in [0.25, 0.3) is 5.70 Å². The second-order valence-corrected chi connectivity index (χ2v) is 6.94. The molecule has 0 aliphatic carbocycles. The summed E-state index contributed by atoms with van der Waals surface area (Å²) in [6.07, 6.45) is -2.60. The molecule has 0 saturated carbocycles. The highest BCUT2D eigenvalue weighted by Gasteiger charge is 2.30. The highest BCUT2D eigenvalue weighted by Crippen LogP contribution is 2.31. The quantitative estimate of drug-likeness (QED) is 0.463. The number of nitrogens with zero attached hydrogens (tertiary/aromatic N) is 3. The highest BCUT2D eigenvalue weighted by atomic mass is 19.4. The van der Waals surface area contributed by atoms with E-state index in [2.05, 4.69) is 15.5 Å². The number of urea groups is 1. The standard InChI is InChI=1S/C23H17F3N4O2/c24-23(25,26)16-8-10-17(11-9-16)28-29-18-5-3-4-15(14-18)19-12-13-30(22(32)27-19)20-6-1-2-7-21(20)31/h1-12,14,31H,13H2,(H,27,32). The van der Waals surface area contributed by atoms with Crippen LogP contribution in [0.15, 0.2) is 89.1 Å². The monoisotopic (exact) mass is 438 g/mol. The van der Waals surface area contributed by atoms with Crippen LogP contribution in [-0.2, 0) is 6.18 Å². The lowest BCUT2D eigenvalue weighted by Gasteiger charge is -2.27. The Hall–Kier alpha value is -4.14. The molecule has 0 aromatic heterocycles. The van der Waals surface area contributed by atoms with Gasteiger partial charge in [0.15, 0.2) is 0 Å². The molecule has 1 heterocycles. The van der Waals surface area contributed by atoms with Crippen molar-refractivity contribution >= 4 is 28.8 Å². The third-order valence-corrected chi connectivity index (χ3v) is 4.77. The number of amides is 2. The first-order valence-electron chi connectivity index (χ1n) is 9.57. The normalized spacial score (nSPS) is 14.4. The van der Waals surface area contributed by atoms with Crippen molar-refractivity contribution in [3.8, 4) is 5.75 Å². The van der Waals surface area contributed by atoms with Gasteiger partial charge in [-0.15, -0.1) is 0 Å². The van der Waals surface area contributed by atoms with Gasteiger partial charge >= 0.3 is 12.2 Å². The molecule has 9 heteroatoms. The topological polar surface area (TPSA) is 77.3 Å². The summed E-state index contributed by atoms with van der Waals surface area (Å²) in [4.78, 5) is 14.0. The van der Waals surface area contributed by atoms with Crippen LogP contribution in [0, 0.1) is 0 Å². The Bertz CT molecular complexity index is 1200. The first-order valence-corrected chi connectivity index (χ1v) is 9.57. The van der Waals surface area contributed by atoms with Gasteiger partial charge in [-0.2, -0.15) is 23.4 Å². The van der Waals surface area contributed by atoms with Gasteiger partial charge in [0.1, 0.15) is 5.75 Å². The molecular formula is C23H17F3N4O2. The number of alkyl halides is 3. The minimum absolute atomic E-state index is 0.00479. The van der Waals surface area contributed by atoms with Crippen LogP contribution in [0.2, 0.25) is 0 Å². The Kier molecular flexibility index (Phi) is 5.63. The van der Waals surface area contributed by atoms with Crippen LogP contribution >= 0.6 is 0 Å². The molecule has 0 spiro atoms. The number of phenols is 1. The van der Waals surface area contributed by atoms with Crippen molar-refractivity contribution in [3.05, 3.63) is 90.0 Å². The first kappa shape index (κ1) is 21.1. The average molecular weight is 438 g/mol. The zero-order valence-electron chi connectivity index (χ0n) is 16.5. The number of anilines is 1. The molecule has 0 atom stereocenters. The number of benzene rings is 3. The van der Waals surface area contributed by atoms with Gasteiger partial charge in [-0.3, -0.25) is 4.90 Å². The largest absolute Gasteiger partial charge is 0.506 e. The van der Waals surface area contributed by atoms with E-state index in [-0.39, 0.29) is 24.0 Å². The summed E-state index contributed by atoms with van der Waals surface area (Å²) in [5.74, 6) is 0.00479. The number of halogens is 3. The van der Waals surface area contributed by atoms with Crippen molar-refractivity contribution < 1.29 is 23.1 Å². The minimum atomic E-state index is -4.41. The minimum Gasteiger partial charge on any atom is -0.506 e. The predicted octanol–water partition coefficient (Wildman–Crippen LogP) is 6.40. The molecule has 2 N–H and O–H groups in total. The van der Waals surface area contributed by atoms with Crippen LogP contribution in [0.3, 0.4) is 0 Å². The molecule has 0 fully saturated rings. The molecule has 0 saturated heterocycles. The molecule has 0 radical (unpaired) electrons. The molecule has 6 nitrogen and oxygen atoms in total. The van der Waals surface area contributed by atoms with Crippen LogP contribution in [0.5, 0.6) is 5.75 Å². The fourth-order valence-corrected chi connectivity index (χ4v) is 3.16.